The predicted molar refractivity (Wildman–Crippen MR) is 46.9 cm³/mol. The molecule has 0 aromatic carbocycles. The summed E-state index contributed by atoms with van der Waals surface area (Å²) in [7, 11) is 0. The lowest BCUT2D eigenvalue weighted by molar-refractivity contribution is -0.137. The fourth-order valence-corrected chi connectivity index (χ4v) is 1.02. The Kier molecular flexibility index (Phi) is 3.70. The van der Waals surface area contributed by atoms with Gasteiger partial charge in [-0.2, -0.15) is 18.3 Å². The van der Waals surface area contributed by atoms with Crippen LogP contribution in [0.4, 0.5) is 13.2 Å². The van der Waals surface area contributed by atoms with Gasteiger partial charge in [-0.05, 0) is 6.42 Å². The monoisotopic (exact) mass is 223 g/mol. The average molecular weight is 223 g/mol. The molecule has 15 heavy (non-hydrogen) atoms. The van der Waals surface area contributed by atoms with E-state index in [0.29, 0.717) is 6.42 Å². The average Bonchev–Trinajstić information content (AvgIpc) is 2.61. The summed E-state index contributed by atoms with van der Waals surface area (Å²) in [6.45, 7) is 0.0746. The Morgan fingerprint density at radius 3 is 2.67 bits per heavy atom. The van der Waals surface area contributed by atoms with E-state index in [0.717, 1.165) is 12.4 Å². The van der Waals surface area contributed by atoms with Gasteiger partial charge in [0.2, 0.25) is 0 Å². The van der Waals surface area contributed by atoms with E-state index in [1.807, 2.05) is 0 Å². The molecule has 1 rings (SSSR count). The van der Waals surface area contributed by atoms with Crippen molar-refractivity contribution >= 4 is 0 Å². The molecule has 0 bridgehead atoms. The lowest BCUT2D eigenvalue weighted by Gasteiger charge is -2.07. The number of aryl methyl sites for hydroxylation is 1. The van der Waals surface area contributed by atoms with Crippen molar-refractivity contribution < 1.29 is 18.3 Å². The third-order valence-electron chi connectivity index (χ3n) is 1.92. The fraction of sp³-hybridized carbons (Fsp3) is 0.625. The molecule has 0 radical (unpaired) electrons. The van der Waals surface area contributed by atoms with E-state index in [2.05, 4.69) is 5.10 Å². The summed E-state index contributed by atoms with van der Waals surface area (Å²) in [5.41, 5.74) is 4.62. The number of rotatable bonds is 4. The van der Waals surface area contributed by atoms with E-state index in [1.165, 1.54) is 4.68 Å². The van der Waals surface area contributed by atoms with E-state index in [4.69, 9.17) is 10.8 Å². The number of aromatic nitrogens is 2. The molecule has 0 saturated heterocycles. The van der Waals surface area contributed by atoms with Gasteiger partial charge in [0.05, 0.1) is 18.4 Å². The van der Waals surface area contributed by atoms with Gasteiger partial charge in [-0.25, -0.2) is 0 Å². The van der Waals surface area contributed by atoms with Gasteiger partial charge in [0.15, 0.2) is 0 Å². The van der Waals surface area contributed by atoms with Crippen LogP contribution in [-0.2, 0) is 12.7 Å². The highest BCUT2D eigenvalue weighted by molar-refractivity contribution is 5.08. The third kappa shape index (κ3) is 3.52. The van der Waals surface area contributed by atoms with Gasteiger partial charge >= 0.3 is 6.18 Å². The van der Waals surface area contributed by atoms with Crippen LogP contribution >= 0.6 is 0 Å². The van der Waals surface area contributed by atoms with Crippen LogP contribution in [0.3, 0.4) is 0 Å². The first-order valence-electron chi connectivity index (χ1n) is 4.39. The summed E-state index contributed by atoms with van der Waals surface area (Å²) in [5, 5.41) is 12.2. The van der Waals surface area contributed by atoms with Crippen LogP contribution in [-0.4, -0.2) is 27.5 Å². The molecule has 1 aromatic heterocycles. The Balaban J connectivity index is 2.54. The lowest BCUT2D eigenvalue weighted by Crippen LogP contribution is -2.25. The van der Waals surface area contributed by atoms with Crippen LogP contribution in [0.25, 0.3) is 0 Å². The van der Waals surface area contributed by atoms with Crippen molar-refractivity contribution in [2.75, 3.05) is 6.61 Å². The van der Waals surface area contributed by atoms with Crippen molar-refractivity contribution in [1.82, 2.24) is 9.78 Å². The Morgan fingerprint density at radius 2 is 2.20 bits per heavy atom. The van der Waals surface area contributed by atoms with Gasteiger partial charge in [-0.15, -0.1) is 0 Å². The highest BCUT2D eigenvalue weighted by Crippen LogP contribution is 2.28. The van der Waals surface area contributed by atoms with Crippen LogP contribution in [0.1, 0.15) is 12.0 Å². The molecular formula is C8H12F3N3O. The minimum absolute atomic E-state index is 0.187. The molecule has 3 N–H and O–H groups in total. The van der Waals surface area contributed by atoms with Crippen LogP contribution in [0.2, 0.25) is 0 Å². The van der Waals surface area contributed by atoms with Gasteiger partial charge in [0.1, 0.15) is 0 Å². The first kappa shape index (κ1) is 12.0. The summed E-state index contributed by atoms with van der Waals surface area (Å²) in [5.74, 6) is 0. The van der Waals surface area contributed by atoms with Crippen molar-refractivity contribution in [2.45, 2.75) is 25.2 Å². The van der Waals surface area contributed by atoms with E-state index in [9.17, 15) is 13.2 Å². The number of aliphatic hydroxyl groups excluding tert-OH is 1. The number of aliphatic hydroxyl groups is 1. The second-order valence-electron chi connectivity index (χ2n) is 3.22. The highest BCUT2D eigenvalue weighted by atomic mass is 19.4. The molecule has 0 aliphatic heterocycles. The molecule has 1 atom stereocenters. The number of nitrogens with zero attached hydrogens (tertiary/aromatic N) is 2. The van der Waals surface area contributed by atoms with Gasteiger partial charge in [-0.1, -0.05) is 0 Å². The van der Waals surface area contributed by atoms with Crippen molar-refractivity contribution in [3.05, 3.63) is 18.0 Å². The minimum Gasteiger partial charge on any atom is -0.395 e. The first-order chi connectivity index (χ1) is 6.93. The first-order valence-corrected chi connectivity index (χ1v) is 4.39. The second kappa shape index (κ2) is 4.63. The largest absolute Gasteiger partial charge is 0.419 e. The molecule has 0 spiro atoms. The van der Waals surface area contributed by atoms with Crippen molar-refractivity contribution in [2.24, 2.45) is 5.73 Å². The molecule has 0 aliphatic rings. The molecular weight excluding hydrogens is 211 g/mol. The second-order valence-corrected chi connectivity index (χ2v) is 3.22. The number of hydrogen-bond acceptors (Lipinski definition) is 3. The van der Waals surface area contributed by atoms with Gasteiger partial charge < -0.3 is 10.8 Å². The quantitative estimate of drug-likeness (QED) is 0.786. The Labute approximate surface area is 84.5 Å². The molecule has 0 saturated carbocycles. The Hall–Kier alpha value is -1.08. The third-order valence-corrected chi connectivity index (χ3v) is 1.92. The maximum atomic E-state index is 12.1. The number of halogens is 3. The fourth-order valence-electron chi connectivity index (χ4n) is 1.02. The summed E-state index contributed by atoms with van der Waals surface area (Å²) >= 11 is 0. The lowest BCUT2D eigenvalue weighted by atomic mass is 10.2. The van der Waals surface area contributed by atoms with Crippen LogP contribution in [0.5, 0.6) is 0 Å². The maximum Gasteiger partial charge on any atom is 0.419 e. The molecule has 0 amide bonds. The van der Waals surface area contributed by atoms with Crippen LogP contribution in [0, 0.1) is 0 Å². The molecule has 0 aliphatic carbocycles. The molecule has 1 aromatic rings. The number of nitrogens with two attached hydrogens (primary N) is 1. The Bertz CT molecular complexity index is 310. The van der Waals surface area contributed by atoms with Crippen molar-refractivity contribution in [1.29, 1.82) is 0 Å². The molecule has 86 valence electrons. The van der Waals surface area contributed by atoms with Crippen LogP contribution < -0.4 is 5.73 Å². The van der Waals surface area contributed by atoms with Gasteiger partial charge in [-0.3, -0.25) is 4.68 Å². The highest BCUT2D eigenvalue weighted by Gasteiger charge is 2.32. The molecule has 1 heterocycles. The molecule has 4 nitrogen and oxygen atoms in total. The minimum atomic E-state index is -4.36. The van der Waals surface area contributed by atoms with E-state index in [1.54, 1.807) is 0 Å². The Morgan fingerprint density at radius 1 is 1.53 bits per heavy atom. The summed E-state index contributed by atoms with van der Waals surface area (Å²) in [6.07, 6.45) is -2.29. The molecule has 7 heteroatoms. The maximum absolute atomic E-state index is 12.1. The predicted octanol–water partition coefficient (Wildman–Crippen LogP) is 0.612. The van der Waals surface area contributed by atoms with E-state index < -0.39 is 17.8 Å². The summed E-state index contributed by atoms with van der Waals surface area (Å²) in [6, 6.07) is -0.427. The topological polar surface area (TPSA) is 64.1 Å². The normalized spacial score (nSPS) is 14.2. The van der Waals surface area contributed by atoms with E-state index in [-0.39, 0.29) is 13.2 Å². The van der Waals surface area contributed by atoms with Crippen molar-refractivity contribution in [3.63, 3.8) is 0 Å². The standard InChI is InChI=1S/C8H12F3N3O/c9-8(10,11)6-3-13-14(4-6)2-1-7(12)5-15/h3-4,7,15H,1-2,5,12H2. The van der Waals surface area contributed by atoms with Crippen molar-refractivity contribution in [3.8, 4) is 0 Å². The summed E-state index contributed by atoms with van der Waals surface area (Å²) < 4.78 is 37.6. The number of hydrogen-bond donors (Lipinski definition) is 2. The summed E-state index contributed by atoms with van der Waals surface area (Å²) in [4.78, 5) is 0. The van der Waals surface area contributed by atoms with Crippen LogP contribution in [0.15, 0.2) is 12.4 Å². The number of alkyl halides is 3. The van der Waals surface area contributed by atoms with Gasteiger partial charge in [0, 0.05) is 18.8 Å². The SMILES string of the molecule is NC(CO)CCn1cc(C(F)(F)F)cn1. The molecule has 1 unspecified atom stereocenters. The zero-order chi connectivity index (χ0) is 11.5. The smallest absolute Gasteiger partial charge is 0.395 e. The zero-order valence-corrected chi connectivity index (χ0v) is 7.91. The van der Waals surface area contributed by atoms with E-state index >= 15 is 0 Å². The zero-order valence-electron chi connectivity index (χ0n) is 7.91. The van der Waals surface area contributed by atoms with Gasteiger partial charge in [0.25, 0.3) is 0 Å². The molecule has 0 fully saturated rings.